The number of anilines is 1. The topological polar surface area (TPSA) is 81.9 Å². The molecule has 0 saturated heterocycles. The number of ether oxygens (including phenoxy) is 2. The summed E-state index contributed by atoms with van der Waals surface area (Å²) in [7, 11) is 0. The van der Waals surface area contributed by atoms with Crippen molar-refractivity contribution in [2.24, 2.45) is 5.73 Å². The average Bonchev–Trinajstić information content (AvgIpc) is 2.91. The van der Waals surface area contributed by atoms with Crippen LogP contribution in [0.5, 0.6) is 11.5 Å². The number of alkyl halides is 6. The second-order valence-electron chi connectivity index (χ2n) is 10.1. The van der Waals surface area contributed by atoms with Crippen molar-refractivity contribution in [2.75, 3.05) is 11.5 Å². The molecule has 0 saturated carbocycles. The Balaban J connectivity index is 1.74. The van der Waals surface area contributed by atoms with Crippen LogP contribution in [0.4, 0.5) is 32.0 Å². The molecule has 0 aromatic heterocycles. The molecule has 2 N–H and O–H groups in total. The quantitative estimate of drug-likeness (QED) is 0.157. The maximum atomic E-state index is 14.0. The fourth-order valence-corrected chi connectivity index (χ4v) is 4.88. The zero-order chi connectivity index (χ0) is 31.5. The highest BCUT2D eigenvalue weighted by Gasteiger charge is 2.39. The van der Waals surface area contributed by atoms with Crippen LogP contribution in [0.3, 0.4) is 0 Å². The molecule has 2 amide bonds. The number of nitrogens with two attached hydrogens (primary N) is 1. The van der Waals surface area contributed by atoms with Crippen LogP contribution in [-0.4, -0.2) is 31.0 Å². The third-order valence-electron chi connectivity index (χ3n) is 6.89. The van der Waals surface area contributed by atoms with E-state index < -0.39 is 42.6 Å². The molecule has 3 aromatic rings. The molecule has 1 heterocycles. The summed E-state index contributed by atoms with van der Waals surface area (Å²) in [5, 5.41) is 0. The lowest BCUT2D eigenvalue weighted by Crippen LogP contribution is -2.43. The monoisotopic (exact) mass is 606 g/mol. The van der Waals surface area contributed by atoms with E-state index in [9.17, 15) is 35.9 Å². The highest BCUT2D eigenvalue weighted by Crippen LogP contribution is 2.43. The van der Waals surface area contributed by atoms with E-state index >= 15 is 0 Å². The molecule has 1 aliphatic heterocycles. The number of amides is 2. The Labute approximate surface area is 243 Å². The van der Waals surface area contributed by atoms with Gasteiger partial charge in [0.05, 0.1) is 12.6 Å². The van der Waals surface area contributed by atoms with E-state index in [1.165, 1.54) is 24.0 Å². The number of carbonyl (C=O) groups is 2. The molecule has 0 bridgehead atoms. The van der Waals surface area contributed by atoms with Gasteiger partial charge in [0.2, 0.25) is 0 Å². The third kappa shape index (κ3) is 7.88. The van der Waals surface area contributed by atoms with E-state index in [4.69, 9.17) is 10.5 Å². The zero-order valence-electron chi connectivity index (χ0n) is 23.2. The normalized spacial score (nSPS) is 16.0. The van der Waals surface area contributed by atoms with Crippen LogP contribution in [-0.2, 0) is 9.59 Å². The molecule has 12 heteroatoms. The van der Waals surface area contributed by atoms with Crippen LogP contribution < -0.4 is 20.1 Å². The minimum Gasteiger partial charge on any atom is -0.494 e. The van der Waals surface area contributed by atoms with Gasteiger partial charge in [-0.1, -0.05) is 42.0 Å². The molecular weight excluding hydrogens is 578 g/mol. The van der Waals surface area contributed by atoms with Crippen molar-refractivity contribution in [1.29, 1.82) is 0 Å². The second-order valence-corrected chi connectivity index (χ2v) is 10.1. The van der Waals surface area contributed by atoms with E-state index in [-0.39, 0.29) is 36.3 Å². The van der Waals surface area contributed by atoms with Crippen LogP contribution in [0.1, 0.15) is 47.6 Å². The molecule has 4 rings (SSSR count). The van der Waals surface area contributed by atoms with Gasteiger partial charge in [-0.25, -0.2) is 0 Å². The molecule has 43 heavy (non-hydrogen) atoms. The van der Waals surface area contributed by atoms with Crippen molar-refractivity contribution in [2.45, 2.75) is 51.7 Å². The number of benzene rings is 3. The number of halogens is 6. The smallest absolute Gasteiger partial charge is 0.494 e. The number of nitrogens with zero attached hydrogens (tertiary/aromatic N) is 1. The first kappa shape index (κ1) is 31.5. The molecule has 228 valence electrons. The summed E-state index contributed by atoms with van der Waals surface area (Å²) >= 11 is 0. The minimum atomic E-state index is -4.92. The van der Waals surface area contributed by atoms with Gasteiger partial charge in [0.25, 0.3) is 11.8 Å². The molecule has 1 aliphatic rings. The van der Waals surface area contributed by atoms with Crippen molar-refractivity contribution < 1.29 is 45.4 Å². The fourth-order valence-electron chi connectivity index (χ4n) is 4.88. The average molecular weight is 607 g/mol. The fraction of sp³-hybridized carbons (Fsp3) is 0.290. The molecule has 1 unspecified atom stereocenters. The molecule has 0 aliphatic carbocycles. The van der Waals surface area contributed by atoms with Gasteiger partial charge in [-0.3, -0.25) is 9.59 Å². The molecule has 0 radical (unpaired) electrons. The third-order valence-corrected chi connectivity index (χ3v) is 6.89. The van der Waals surface area contributed by atoms with Crippen molar-refractivity contribution >= 4 is 23.1 Å². The van der Waals surface area contributed by atoms with Gasteiger partial charge in [-0.2, -0.15) is 13.2 Å². The summed E-state index contributed by atoms with van der Waals surface area (Å²) in [6.45, 7) is 3.12. The summed E-state index contributed by atoms with van der Waals surface area (Å²) in [4.78, 5) is 27.9. The standard InChI is InChI=1S/C31H28F6N2O4/c1-18-4-6-20(7-5-18)24-17-25(21-8-11-23(12-9-21)42-15-3-14-30(32,33)34)39(29(41)27(24)28(38)40)22-10-13-26(19(2)16-22)43-31(35,36)37/h4-13,16,25H,3,14-15,17H2,1-2H3,(H2,38,40). The van der Waals surface area contributed by atoms with Crippen molar-refractivity contribution in [3.63, 3.8) is 0 Å². The van der Waals surface area contributed by atoms with E-state index in [1.807, 2.05) is 19.1 Å². The van der Waals surface area contributed by atoms with Gasteiger partial charge < -0.3 is 20.1 Å². The second kappa shape index (κ2) is 12.4. The first-order chi connectivity index (χ1) is 20.1. The molecule has 1 atom stereocenters. The largest absolute Gasteiger partial charge is 0.573 e. The molecule has 6 nitrogen and oxygen atoms in total. The van der Waals surface area contributed by atoms with Crippen molar-refractivity contribution in [3.05, 3.63) is 94.6 Å². The molecular formula is C31H28F6N2O4. The van der Waals surface area contributed by atoms with Crippen LogP contribution in [0, 0.1) is 13.8 Å². The summed E-state index contributed by atoms with van der Waals surface area (Å²) in [6, 6.07) is 16.5. The first-order valence-electron chi connectivity index (χ1n) is 13.2. The summed E-state index contributed by atoms with van der Waals surface area (Å²) in [5.74, 6) is -1.83. The lowest BCUT2D eigenvalue weighted by Gasteiger charge is -2.38. The van der Waals surface area contributed by atoms with Gasteiger partial charge in [-0.05, 0) is 79.3 Å². The van der Waals surface area contributed by atoms with Crippen molar-refractivity contribution in [3.8, 4) is 11.5 Å². The number of hydrogen-bond donors (Lipinski definition) is 1. The van der Waals surface area contributed by atoms with Gasteiger partial charge in [0.1, 0.15) is 17.1 Å². The Kier molecular flexibility index (Phi) is 9.07. The van der Waals surface area contributed by atoms with E-state index in [1.54, 1.807) is 36.4 Å². The van der Waals surface area contributed by atoms with E-state index in [2.05, 4.69) is 4.74 Å². The Morgan fingerprint density at radius 2 is 1.60 bits per heavy atom. The van der Waals surface area contributed by atoms with E-state index in [0.717, 1.165) is 11.6 Å². The van der Waals surface area contributed by atoms with Gasteiger partial charge in [0, 0.05) is 12.1 Å². The van der Waals surface area contributed by atoms with Crippen LogP contribution in [0.15, 0.2) is 72.3 Å². The predicted molar refractivity (Wildman–Crippen MR) is 147 cm³/mol. The predicted octanol–water partition coefficient (Wildman–Crippen LogP) is 7.34. The van der Waals surface area contributed by atoms with Gasteiger partial charge in [-0.15, -0.1) is 13.2 Å². The van der Waals surface area contributed by atoms with Gasteiger partial charge in [0.15, 0.2) is 0 Å². The number of hydrogen-bond acceptors (Lipinski definition) is 4. The molecule has 0 spiro atoms. The maximum absolute atomic E-state index is 14.0. The summed E-state index contributed by atoms with van der Waals surface area (Å²) < 4.78 is 85.4. The molecule has 0 fully saturated rings. The first-order valence-corrected chi connectivity index (χ1v) is 13.2. The highest BCUT2D eigenvalue weighted by molar-refractivity contribution is 6.29. The van der Waals surface area contributed by atoms with Crippen molar-refractivity contribution in [1.82, 2.24) is 0 Å². The summed E-state index contributed by atoms with van der Waals surface area (Å²) in [5.41, 5.74) is 8.28. The number of aryl methyl sites for hydroxylation is 2. The lowest BCUT2D eigenvalue weighted by molar-refractivity contribution is -0.274. The molecule has 3 aromatic carbocycles. The highest BCUT2D eigenvalue weighted by atomic mass is 19.4. The van der Waals surface area contributed by atoms with Crippen LogP contribution >= 0.6 is 0 Å². The SMILES string of the molecule is Cc1ccc(C2=C(C(N)=O)C(=O)N(c3ccc(OC(F)(F)F)c(C)c3)C(c3ccc(OCCCC(F)(F)F)cc3)C2)cc1. The Morgan fingerprint density at radius 3 is 2.16 bits per heavy atom. The number of rotatable bonds is 9. The lowest BCUT2D eigenvalue weighted by atomic mass is 9.84. The van der Waals surface area contributed by atoms with Crippen LogP contribution in [0.2, 0.25) is 0 Å². The number of carbonyl (C=O) groups excluding carboxylic acids is 2. The maximum Gasteiger partial charge on any atom is 0.573 e. The Morgan fingerprint density at radius 1 is 0.953 bits per heavy atom. The Hall–Kier alpha value is -4.48. The summed E-state index contributed by atoms with van der Waals surface area (Å²) in [6.07, 6.45) is -10.3. The zero-order valence-corrected chi connectivity index (χ0v) is 23.2. The van der Waals surface area contributed by atoms with Crippen LogP contribution in [0.25, 0.3) is 5.57 Å². The Bertz CT molecular complexity index is 1510. The number of primary amides is 1. The van der Waals surface area contributed by atoms with Gasteiger partial charge >= 0.3 is 12.5 Å². The van der Waals surface area contributed by atoms with E-state index in [0.29, 0.717) is 22.4 Å². The minimum absolute atomic E-state index is 0.0953.